The molecule has 2 rings (SSSR count). The summed E-state index contributed by atoms with van der Waals surface area (Å²) in [4.78, 5) is 25.1. The van der Waals surface area contributed by atoms with Gasteiger partial charge in [-0.2, -0.15) is 0 Å². The van der Waals surface area contributed by atoms with Gasteiger partial charge in [-0.3, -0.25) is 14.5 Å². The number of anilines is 1. The molecule has 0 spiro atoms. The summed E-state index contributed by atoms with van der Waals surface area (Å²) in [5, 5.41) is 11.8. The van der Waals surface area contributed by atoms with Crippen LogP contribution in [0.3, 0.4) is 0 Å². The number of carboxylic acid groups (broad SMARTS) is 1. The average Bonchev–Trinajstić information content (AvgIpc) is 2.60. The summed E-state index contributed by atoms with van der Waals surface area (Å²) in [6.45, 7) is 6.46. The van der Waals surface area contributed by atoms with E-state index in [0.717, 1.165) is 38.0 Å². The summed E-state index contributed by atoms with van der Waals surface area (Å²) in [6, 6.07) is 8.08. The lowest BCUT2D eigenvalue weighted by Gasteiger charge is -2.32. The zero-order chi connectivity index (χ0) is 18.2. The summed E-state index contributed by atoms with van der Waals surface area (Å²) in [6.07, 6.45) is 4.10. The molecule has 2 N–H and O–H groups in total. The van der Waals surface area contributed by atoms with Crippen molar-refractivity contribution in [3.05, 3.63) is 29.8 Å². The number of amides is 1. The number of aliphatic carboxylic acids is 1. The van der Waals surface area contributed by atoms with Crippen molar-refractivity contribution in [3.63, 3.8) is 0 Å². The van der Waals surface area contributed by atoms with Crippen LogP contribution in [0.1, 0.15) is 57.4 Å². The highest BCUT2D eigenvalue weighted by Gasteiger charge is 2.22. The van der Waals surface area contributed by atoms with Crippen LogP contribution in [0.25, 0.3) is 0 Å². The van der Waals surface area contributed by atoms with Gasteiger partial charge in [-0.25, -0.2) is 0 Å². The predicted octanol–water partition coefficient (Wildman–Crippen LogP) is 3.72. The molecule has 5 heteroatoms. The number of rotatable bonds is 8. The highest BCUT2D eigenvalue weighted by atomic mass is 16.4. The van der Waals surface area contributed by atoms with E-state index in [1.54, 1.807) is 0 Å². The second-order valence-electron chi connectivity index (χ2n) is 7.16. The largest absolute Gasteiger partial charge is 0.481 e. The minimum Gasteiger partial charge on any atom is -0.481 e. The minimum atomic E-state index is -0.740. The Bertz CT molecular complexity index is 571. The quantitative estimate of drug-likeness (QED) is 0.753. The van der Waals surface area contributed by atoms with Crippen molar-refractivity contribution in [2.75, 3.05) is 25.0 Å². The first kappa shape index (κ1) is 19.4. The van der Waals surface area contributed by atoms with Gasteiger partial charge in [0.25, 0.3) is 0 Å². The maximum Gasteiger partial charge on any atom is 0.303 e. The normalized spacial score (nSPS) is 19.4. The zero-order valence-electron chi connectivity index (χ0n) is 15.3. The molecule has 2 unspecified atom stereocenters. The van der Waals surface area contributed by atoms with Crippen LogP contribution in [-0.2, 0) is 9.59 Å². The van der Waals surface area contributed by atoms with Crippen molar-refractivity contribution in [3.8, 4) is 0 Å². The van der Waals surface area contributed by atoms with E-state index < -0.39 is 5.97 Å². The fourth-order valence-corrected chi connectivity index (χ4v) is 3.39. The number of carbonyl (C=O) groups excluding carboxylic acids is 1. The van der Waals surface area contributed by atoms with Crippen LogP contribution < -0.4 is 5.32 Å². The molecule has 138 valence electrons. The fourth-order valence-electron chi connectivity index (χ4n) is 3.39. The maximum absolute atomic E-state index is 12.3. The van der Waals surface area contributed by atoms with Crippen LogP contribution in [0.2, 0.25) is 0 Å². The minimum absolute atomic E-state index is 0.00447. The number of nitrogens with one attached hydrogen (secondary N) is 1. The van der Waals surface area contributed by atoms with Gasteiger partial charge >= 0.3 is 5.97 Å². The van der Waals surface area contributed by atoms with Crippen molar-refractivity contribution in [2.45, 2.75) is 51.9 Å². The molecular weight excluding hydrogens is 316 g/mol. The van der Waals surface area contributed by atoms with E-state index in [1.165, 1.54) is 5.56 Å². The van der Waals surface area contributed by atoms with Crippen LogP contribution in [0, 0.1) is 5.92 Å². The Morgan fingerprint density at radius 3 is 2.68 bits per heavy atom. The number of likely N-dealkylation sites (tertiary alicyclic amines) is 1. The zero-order valence-corrected chi connectivity index (χ0v) is 15.3. The fraction of sp³-hybridized carbons (Fsp3) is 0.600. The molecule has 1 aliphatic rings. The second kappa shape index (κ2) is 9.56. The van der Waals surface area contributed by atoms with Crippen LogP contribution in [0.4, 0.5) is 5.69 Å². The summed E-state index contributed by atoms with van der Waals surface area (Å²) in [5.41, 5.74) is 2.12. The van der Waals surface area contributed by atoms with Crippen LogP contribution in [-0.4, -0.2) is 41.5 Å². The van der Waals surface area contributed by atoms with E-state index in [-0.39, 0.29) is 12.3 Å². The van der Waals surface area contributed by atoms with Crippen molar-refractivity contribution < 1.29 is 14.7 Å². The SMILES string of the molecule is CCC(C)c1ccc(NC(=O)CN2CCCC(CCC(=O)O)C2)cc1. The molecule has 1 aliphatic heterocycles. The third-order valence-electron chi connectivity index (χ3n) is 5.11. The van der Waals surface area contributed by atoms with Gasteiger partial charge in [-0.15, -0.1) is 0 Å². The van der Waals surface area contributed by atoms with Gasteiger partial charge in [-0.05, 0) is 61.8 Å². The Labute approximate surface area is 150 Å². The van der Waals surface area contributed by atoms with Gasteiger partial charge in [0.05, 0.1) is 6.54 Å². The van der Waals surface area contributed by atoms with Crippen molar-refractivity contribution in [1.29, 1.82) is 0 Å². The van der Waals surface area contributed by atoms with Crippen LogP contribution >= 0.6 is 0 Å². The monoisotopic (exact) mass is 346 g/mol. The Morgan fingerprint density at radius 1 is 1.32 bits per heavy atom. The van der Waals surface area contributed by atoms with Crippen molar-refractivity contribution in [2.24, 2.45) is 5.92 Å². The Hall–Kier alpha value is -1.88. The molecule has 0 saturated carbocycles. The highest BCUT2D eigenvalue weighted by Crippen LogP contribution is 2.22. The molecule has 0 aromatic heterocycles. The molecule has 5 nitrogen and oxygen atoms in total. The summed E-state index contributed by atoms with van der Waals surface area (Å²) in [7, 11) is 0. The summed E-state index contributed by atoms with van der Waals surface area (Å²) in [5.74, 6) is 0.166. The van der Waals surface area contributed by atoms with E-state index in [2.05, 4.69) is 36.2 Å². The number of benzene rings is 1. The number of carboxylic acids is 1. The summed E-state index contributed by atoms with van der Waals surface area (Å²) < 4.78 is 0. The second-order valence-corrected chi connectivity index (χ2v) is 7.16. The first-order valence-electron chi connectivity index (χ1n) is 9.32. The summed E-state index contributed by atoms with van der Waals surface area (Å²) >= 11 is 0. The van der Waals surface area contributed by atoms with Gasteiger partial charge < -0.3 is 10.4 Å². The van der Waals surface area contributed by atoms with Crippen LogP contribution in [0.5, 0.6) is 0 Å². The third kappa shape index (κ3) is 6.50. The highest BCUT2D eigenvalue weighted by molar-refractivity contribution is 5.92. The molecule has 0 bridgehead atoms. The molecule has 1 aromatic carbocycles. The molecule has 2 atom stereocenters. The molecular formula is C20H30N2O3. The van der Waals surface area contributed by atoms with E-state index >= 15 is 0 Å². The number of nitrogens with zero attached hydrogens (tertiary/aromatic N) is 1. The predicted molar refractivity (Wildman–Crippen MR) is 99.8 cm³/mol. The van der Waals surface area contributed by atoms with Gasteiger partial charge in [-0.1, -0.05) is 26.0 Å². The number of hydrogen-bond acceptors (Lipinski definition) is 3. The van der Waals surface area contributed by atoms with E-state index in [4.69, 9.17) is 5.11 Å². The number of hydrogen-bond donors (Lipinski definition) is 2. The molecule has 0 radical (unpaired) electrons. The maximum atomic E-state index is 12.3. The first-order valence-corrected chi connectivity index (χ1v) is 9.32. The Kier molecular flexibility index (Phi) is 7.44. The van der Waals surface area contributed by atoms with Crippen molar-refractivity contribution >= 4 is 17.6 Å². The topological polar surface area (TPSA) is 69.6 Å². The van der Waals surface area contributed by atoms with Gasteiger partial charge in [0.2, 0.25) is 5.91 Å². The Balaban J connectivity index is 1.80. The molecule has 1 amide bonds. The van der Waals surface area contributed by atoms with Gasteiger partial charge in [0.15, 0.2) is 0 Å². The third-order valence-corrected chi connectivity index (χ3v) is 5.11. The molecule has 25 heavy (non-hydrogen) atoms. The van der Waals surface area contributed by atoms with Crippen LogP contribution in [0.15, 0.2) is 24.3 Å². The molecule has 1 heterocycles. The van der Waals surface area contributed by atoms with E-state index in [9.17, 15) is 9.59 Å². The lowest BCUT2D eigenvalue weighted by atomic mass is 9.93. The molecule has 1 aromatic rings. The van der Waals surface area contributed by atoms with Gasteiger partial charge in [0.1, 0.15) is 0 Å². The molecule has 1 saturated heterocycles. The number of carbonyl (C=O) groups is 2. The smallest absolute Gasteiger partial charge is 0.303 e. The lowest BCUT2D eigenvalue weighted by molar-refractivity contribution is -0.137. The van der Waals surface area contributed by atoms with E-state index in [0.29, 0.717) is 24.8 Å². The van der Waals surface area contributed by atoms with Crippen molar-refractivity contribution in [1.82, 2.24) is 4.90 Å². The van der Waals surface area contributed by atoms with Gasteiger partial charge in [0, 0.05) is 18.7 Å². The Morgan fingerprint density at radius 2 is 2.04 bits per heavy atom. The average molecular weight is 346 g/mol. The standard InChI is InChI=1S/C20H30N2O3/c1-3-15(2)17-7-9-18(10-8-17)21-19(23)14-22-12-4-5-16(13-22)6-11-20(24)25/h7-10,15-16H,3-6,11-14H2,1-2H3,(H,21,23)(H,24,25). The lowest BCUT2D eigenvalue weighted by Crippen LogP contribution is -2.40. The molecule has 1 fully saturated rings. The first-order chi connectivity index (χ1) is 12.0. The molecule has 0 aliphatic carbocycles. The number of piperidine rings is 1. The van der Waals surface area contributed by atoms with E-state index in [1.807, 2.05) is 12.1 Å².